The Bertz CT molecular complexity index is 755. The van der Waals surface area contributed by atoms with Crippen molar-refractivity contribution in [1.82, 2.24) is 15.6 Å². The molecule has 0 spiro atoms. The van der Waals surface area contributed by atoms with Crippen molar-refractivity contribution in [3.63, 3.8) is 0 Å². The number of nitrogens with one attached hydrogen (secondary N) is 2. The molecule has 3 N–H and O–H groups in total. The number of nitrogens with zero attached hydrogens (tertiary/aromatic N) is 3. The zero-order valence-corrected chi connectivity index (χ0v) is 20.4. The zero-order valence-electron chi connectivity index (χ0n) is 18.1. The van der Waals surface area contributed by atoms with Crippen LogP contribution >= 0.6 is 24.0 Å². The molecule has 1 aliphatic rings. The lowest BCUT2D eigenvalue weighted by molar-refractivity contribution is 0.0331. The molecule has 170 valence electrons. The number of aromatic nitrogens is 1. The second-order valence-electron chi connectivity index (χ2n) is 7.47. The summed E-state index contributed by atoms with van der Waals surface area (Å²) >= 11 is 0. The molecule has 2 aromatic rings. The summed E-state index contributed by atoms with van der Waals surface area (Å²) in [6.07, 6.45) is 3.24. The van der Waals surface area contributed by atoms with E-state index in [-0.39, 0.29) is 30.6 Å². The van der Waals surface area contributed by atoms with Crippen molar-refractivity contribution in [3.8, 4) is 0 Å². The molecule has 1 fully saturated rings. The smallest absolute Gasteiger partial charge is 0.191 e. The van der Waals surface area contributed by atoms with E-state index < -0.39 is 6.10 Å². The third-order valence-electron chi connectivity index (χ3n) is 5.04. The number of aliphatic imine (C=N–C) groups is 1. The molecule has 3 rings (SSSR count). The fourth-order valence-corrected chi connectivity index (χ4v) is 3.44. The van der Waals surface area contributed by atoms with Gasteiger partial charge in [-0.3, -0.25) is 4.99 Å². The molecule has 0 saturated carbocycles. The Kier molecular flexibility index (Phi) is 11.6. The number of hydrogen-bond donors (Lipinski definition) is 3. The van der Waals surface area contributed by atoms with Crippen LogP contribution in [0.25, 0.3) is 0 Å². The first kappa shape index (κ1) is 25.4. The number of rotatable bonds is 9. The van der Waals surface area contributed by atoms with Crippen molar-refractivity contribution in [1.29, 1.82) is 0 Å². The summed E-state index contributed by atoms with van der Waals surface area (Å²) in [6.45, 7) is 5.81. The molecular weight excluding hydrogens is 505 g/mol. The number of aliphatic hydroxyl groups is 1. The topological polar surface area (TPSA) is 82.0 Å². The van der Waals surface area contributed by atoms with Crippen LogP contribution in [-0.2, 0) is 11.3 Å². The molecule has 0 bridgehead atoms. The second kappa shape index (κ2) is 14.2. The van der Waals surface area contributed by atoms with Gasteiger partial charge in [0.05, 0.1) is 25.9 Å². The van der Waals surface area contributed by atoms with Gasteiger partial charge in [0.1, 0.15) is 5.82 Å². The third-order valence-corrected chi connectivity index (χ3v) is 5.04. The number of benzene rings is 1. The van der Waals surface area contributed by atoms with Crippen LogP contribution in [0.5, 0.6) is 0 Å². The van der Waals surface area contributed by atoms with Gasteiger partial charge in [0.25, 0.3) is 0 Å². The molecule has 0 amide bonds. The number of aliphatic hydroxyl groups excluding tert-OH is 1. The van der Waals surface area contributed by atoms with Crippen LogP contribution in [-0.4, -0.2) is 61.0 Å². The van der Waals surface area contributed by atoms with Gasteiger partial charge in [0, 0.05) is 31.9 Å². The lowest BCUT2D eigenvalue weighted by Crippen LogP contribution is -2.49. The Labute approximate surface area is 202 Å². The normalized spacial score (nSPS) is 15.8. The van der Waals surface area contributed by atoms with E-state index in [1.807, 2.05) is 55.6 Å². The quantitative estimate of drug-likeness (QED) is 0.259. The minimum Gasteiger partial charge on any atom is -0.389 e. The molecule has 1 aromatic heterocycles. The Hall–Kier alpha value is -1.91. The van der Waals surface area contributed by atoms with Crippen LogP contribution in [0.3, 0.4) is 0 Å². The molecule has 31 heavy (non-hydrogen) atoms. The largest absolute Gasteiger partial charge is 0.389 e. The predicted octanol–water partition coefficient (Wildman–Crippen LogP) is 2.80. The summed E-state index contributed by atoms with van der Waals surface area (Å²) < 4.78 is 5.61. The summed E-state index contributed by atoms with van der Waals surface area (Å²) in [4.78, 5) is 11.3. The first-order valence-corrected chi connectivity index (χ1v) is 10.7. The number of pyridine rings is 1. The van der Waals surface area contributed by atoms with E-state index in [4.69, 9.17) is 4.74 Å². The summed E-state index contributed by atoms with van der Waals surface area (Å²) in [5.41, 5.74) is 1.10. The summed E-state index contributed by atoms with van der Waals surface area (Å²) in [7, 11) is 0. The lowest BCUT2D eigenvalue weighted by atomic mass is 10.1. The molecule has 1 aromatic carbocycles. The minimum absolute atomic E-state index is 0. The van der Waals surface area contributed by atoms with Crippen molar-refractivity contribution in [2.45, 2.75) is 38.5 Å². The molecular formula is C23H34IN5O2. The molecule has 1 unspecified atom stereocenters. The molecule has 8 heteroatoms. The summed E-state index contributed by atoms with van der Waals surface area (Å²) in [6, 6.07) is 16.3. The van der Waals surface area contributed by atoms with Crippen LogP contribution < -0.4 is 15.5 Å². The zero-order chi connectivity index (χ0) is 21.0. The summed E-state index contributed by atoms with van der Waals surface area (Å²) in [5.74, 6) is 1.78. The fraction of sp³-hybridized carbons (Fsp3) is 0.478. The number of ether oxygens (including phenoxy) is 1. The second-order valence-corrected chi connectivity index (χ2v) is 7.47. The van der Waals surface area contributed by atoms with Crippen molar-refractivity contribution in [2.75, 3.05) is 37.7 Å². The standard InChI is InChI=1S/C23H33N5O2.HI/c1-2-24-23(26-16-21(29)18-30-17-19-8-4-3-5-9-19)27-20-11-14-28(15-12-20)22-10-6-7-13-25-22;/h3-10,13,20-21,29H,2,11-12,14-18H2,1H3,(H2,24,26,27);1H. The van der Waals surface area contributed by atoms with Crippen molar-refractivity contribution < 1.29 is 9.84 Å². The van der Waals surface area contributed by atoms with Crippen LogP contribution in [0.2, 0.25) is 0 Å². The Morgan fingerprint density at radius 2 is 1.94 bits per heavy atom. The van der Waals surface area contributed by atoms with Gasteiger partial charge in [-0.1, -0.05) is 36.4 Å². The van der Waals surface area contributed by atoms with Gasteiger partial charge >= 0.3 is 0 Å². The van der Waals surface area contributed by atoms with Crippen molar-refractivity contribution in [2.24, 2.45) is 4.99 Å². The van der Waals surface area contributed by atoms with E-state index in [1.165, 1.54) is 0 Å². The Morgan fingerprint density at radius 1 is 1.19 bits per heavy atom. The average Bonchev–Trinajstić information content (AvgIpc) is 2.79. The number of hydrogen-bond acceptors (Lipinski definition) is 5. The fourth-order valence-electron chi connectivity index (χ4n) is 3.44. The molecule has 1 aliphatic heterocycles. The number of guanidine groups is 1. The lowest BCUT2D eigenvalue weighted by Gasteiger charge is -2.33. The summed E-state index contributed by atoms with van der Waals surface area (Å²) in [5, 5.41) is 17.0. The highest BCUT2D eigenvalue weighted by Crippen LogP contribution is 2.17. The van der Waals surface area contributed by atoms with Gasteiger partial charge in [-0.2, -0.15) is 0 Å². The highest BCUT2D eigenvalue weighted by Gasteiger charge is 2.20. The van der Waals surface area contributed by atoms with Crippen molar-refractivity contribution >= 4 is 35.8 Å². The van der Waals surface area contributed by atoms with Gasteiger partial charge < -0.3 is 25.4 Å². The van der Waals surface area contributed by atoms with Gasteiger partial charge in [-0.25, -0.2) is 4.98 Å². The van der Waals surface area contributed by atoms with Crippen LogP contribution in [0.4, 0.5) is 5.82 Å². The molecule has 0 aliphatic carbocycles. The van der Waals surface area contributed by atoms with Crippen molar-refractivity contribution in [3.05, 3.63) is 60.3 Å². The number of piperidine rings is 1. The van der Waals surface area contributed by atoms with Crippen LogP contribution in [0.15, 0.2) is 59.7 Å². The molecule has 1 atom stereocenters. The maximum absolute atomic E-state index is 10.2. The first-order valence-electron chi connectivity index (χ1n) is 10.7. The Balaban J connectivity index is 0.00000341. The van der Waals surface area contributed by atoms with E-state index >= 15 is 0 Å². The highest BCUT2D eigenvalue weighted by atomic mass is 127. The molecule has 1 saturated heterocycles. The monoisotopic (exact) mass is 539 g/mol. The molecule has 0 radical (unpaired) electrons. The SMILES string of the molecule is CCNC(=NCC(O)COCc1ccccc1)NC1CCN(c2ccccn2)CC1.I. The van der Waals surface area contributed by atoms with Gasteiger partial charge in [0.2, 0.25) is 0 Å². The number of anilines is 1. The highest BCUT2D eigenvalue weighted by molar-refractivity contribution is 14.0. The van der Waals surface area contributed by atoms with E-state index in [0.717, 1.165) is 49.8 Å². The number of halogens is 1. The van der Waals surface area contributed by atoms with E-state index in [2.05, 4.69) is 31.6 Å². The van der Waals surface area contributed by atoms with E-state index in [0.29, 0.717) is 19.2 Å². The van der Waals surface area contributed by atoms with Gasteiger partial charge in [-0.15, -0.1) is 24.0 Å². The maximum atomic E-state index is 10.2. The van der Waals surface area contributed by atoms with Gasteiger partial charge in [0.15, 0.2) is 5.96 Å². The van der Waals surface area contributed by atoms with E-state index in [1.54, 1.807) is 0 Å². The molecule has 2 heterocycles. The predicted molar refractivity (Wildman–Crippen MR) is 136 cm³/mol. The third kappa shape index (κ3) is 9.00. The minimum atomic E-state index is -0.629. The van der Waals surface area contributed by atoms with Crippen LogP contribution in [0.1, 0.15) is 25.3 Å². The first-order chi connectivity index (χ1) is 14.7. The molecule has 7 nitrogen and oxygen atoms in total. The Morgan fingerprint density at radius 3 is 2.61 bits per heavy atom. The van der Waals surface area contributed by atoms with Crippen LogP contribution in [0, 0.1) is 0 Å². The maximum Gasteiger partial charge on any atom is 0.191 e. The van der Waals surface area contributed by atoms with Gasteiger partial charge in [-0.05, 0) is 37.5 Å². The van der Waals surface area contributed by atoms with E-state index in [9.17, 15) is 5.11 Å². The average molecular weight is 539 g/mol.